The number of aryl methyl sites for hydroxylation is 1. The van der Waals surface area contributed by atoms with E-state index < -0.39 is 0 Å². The average Bonchev–Trinajstić information content (AvgIpc) is 3.41. The molecule has 1 saturated heterocycles. The minimum atomic E-state index is -0.245. The number of anilines is 1. The normalized spacial score (nSPS) is 17.0. The molecule has 2 aliphatic heterocycles. The first-order valence-electron chi connectivity index (χ1n) is 13.6. The number of carbonyl (C=O) groups excluding carboxylic acids is 3. The van der Waals surface area contributed by atoms with Crippen molar-refractivity contribution in [2.75, 3.05) is 18.4 Å². The van der Waals surface area contributed by atoms with Gasteiger partial charge >= 0.3 is 0 Å². The Morgan fingerprint density at radius 1 is 1.05 bits per heavy atom. The number of H-pyrrole nitrogens is 1. The summed E-state index contributed by atoms with van der Waals surface area (Å²) >= 11 is 0. The van der Waals surface area contributed by atoms with Gasteiger partial charge in [-0.1, -0.05) is 37.3 Å². The minimum Gasteiger partial charge on any atom is -0.358 e. The molecule has 1 atom stereocenters. The van der Waals surface area contributed by atoms with Crippen molar-refractivity contribution in [1.82, 2.24) is 20.9 Å². The first kappa shape index (κ1) is 26.4. The fourth-order valence-corrected chi connectivity index (χ4v) is 5.45. The van der Waals surface area contributed by atoms with E-state index in [0.717, 1.165) is 49.2 Å². The molecule has 0 radical (unpaired) electrons. The van der Waals surface area contributed by atoms with Crippen LogP contribution in [0.15, 0.2) is 48.5 Å². The molecule has 3 amide bonds. The Morgan fingerprint density at radius 3 is 2.51 bits per heavy atom. The zero-order valence-corrected chi connectivity index (χ0v) is 22.6. The van der Waals surface area contributed by atoms with Gasteiger partial charge in [-0.3, -0.25) is 14.4 Å². The van der Waals surface area contributed by atoms with Gasteiger partial charge in [-0.2, -0.15) is 0 Å². The molecule has 0 saturated carbocycles. The fourth-order valence-electron chi connectivity index (χ4n) is 5.45. The van der Waals surface area contributed by atoms with Gasteiger partial charge in [-0.05, 0) is 81.6 Å². The standard InChI is InChI=1S/C31H35N5O3/c1-4-25(20-8-6-5-7-9-20)35-29(37)21-10-11-26-23(16-21)24(30(38)36-26)17-27-18(2)28(19(3)33-27)31(39)34-22-12-14-32-15-13-22/h5-11,16-17,22,25,32-33H,4,12-15H2,1-3H3,(H,34,39)(H,35,37)(H,36,38)/b24-17-/t25-/m1/s1. The van der Waals surface area contributed by atoms with E-state index in [2.05, 4.69) is 26.3 Å². The number of benzene rings is 2. The lowest BCUT2D eigenvalue weighted by Gasteiger charge is -2.23. The Hall–Kier alpha value is -4.17. The quantitative estimate of drug-likeness (QED) is 0.293. The van der Waals surface area contributed by atoms with Crippen LogP contribution in [0.25, 0.3) is 11.6 Å². The van der Waals surface area contributed by atoms with Crippen LogP contribution in [-0.2, 0) is 4.79 Å². The van der Waals surface area contributed by atoms with E-state index in [1.165, 1.54) is 0 Å². The largest absolute Gasteiger partial charge is 0.358 e. The second-order valence-corrected chi connectivity index (χ2v) is 10.3. The molecule has 3 heterocycles. The monoisotopic (exact) mass is 525 g/mol. The number of fused-ring (bicyclic) bond motifs is 1. The van der Waals surface area contributed by atoms with E-state index >= 15 is 0 Å². The molecule has 1 aromatic heterocycles. The molecule has 0 bridgehead atoms. The minimum absolute atomic E-state index is 0.100. The van der Waals surface area contributed by atoms with Crippen LogP contribution in [-0.4, -0.2) is 41.8 Å². The lowest BCUT2D eigenvalue weighted by atomic mass is 10.00. The SMILES string of the molecule is CC[C@@H](NC(=O)c1ccc2c(c1)/C(=C/c1[nH]c(C)c(C(=O)NC3CCNCC3)c1C)C(=O)N2)c1ccccc1. The van der Waals surface area contributed by atoms with Crippen LogP contribution in [0.4, 0.5) is 5.69 Å². The highest BCUT2D eigenvalue weighted by Gasteiger charge is 2.28. The molecular formula is C31H35N5O3. The zero-order chi connectivity index (χ0) is 27.5. The Morgan fingerprint density at radius 2 is 1.79 bits per heavy atom. The van der Waals surface area contributed by atoms with E-state index in [1.54, 1.807) is 24.3 Å². The molecule has 8 heteroatoms. The number of hydrogen-bond donors (Lipinski definition) is 5. The van der Waals surface area contributed by atoms with Gasteiger partial charge in [0.1, 0.15) is 0 Å². The maximum Gasteiger partial charge on any atom is 0.256 e. The van der Waals surface area contributed by atoms with Gasteiger partial charge in [0.25, 0.3) is 17.7 Å². The molecule has 5 rings (SSSR count). The van der Waals surface area contributed by atoms with Crippen molar-refractivity contribution in [1.29, 1.82) is 0 Å². The topological polar surface area (TPSA) is 115 Å². The lowest BCUT2D eigenvalue weighted by Crippen LogP contribution is -2.42. The Labute approximate surface area is 228 Å². The molecule has 0 unspecified atom stereocenters. The number of hydrogen-bond acceptors (Lipinski definition) is 4. The van der Waals surface area contributed by atoms with E-state index in [1.807, 2.05) is 51.1 Å². The molecule has 8 nitrogen and oxygen atoms in total. The van der Waals surface area contributed by atoms with Crippen LogP contribution < -0.4 is 21.3 Å². The fraction of sp³-hybridized carbons (Fsp3) is 0.323. The second-order valence-electron chi connectivity index (χ2n) is 10.3. The highest BCUT2D eigenvalue weighted by atomic mass is 16.2. The molecule has 5 N–H and O–H groups in total. The molecule has 39 heavy (non-hydrogen) atoms. The van der Waals surface area contributed by atoms with E-state index in [4.69, 9.17) is 0 Å². The van der Waals surface area contributed by atoms with E-state index in [-0.39, 0.29) is 29.8 Å². The van der Waals surface area contributed by atoms with Gasteiger partial charge in [0.2, 0.25) is 0 Å². The third-order valence-corrected chi connectivity index (χ3v) is 7.65. The van der Waals surface area contributed by atoms with Crippen molar-refractivity contribution >= 4 is 35.1 Å². The summed E-state index contributed by atoms with van der Waals surface area (Å²) in [6.45, 7) is 7.58. The van der Waals surface area contributed by atoms with E-state index in [0.29, 0.717) is 33.6 Å². The number of aromatic amines is 1. The number of aromatic nitrogens is 1. The van der Waals surface area contributed by atoms with Crippen LogP contribution in [0.2, 0.25) is 0 Å². The molecule has 2 aromatic carbocycles. The van der Waals surface area contributed by atoms with Gasteiger partial charge in [0.05, 0.1) is 17.2 Å². The van der Waals surface area contributed by atoms with Crippen LogP contribution in [0.3, 0.4) is 0 Å². The third kappa shape index (κ3) is 5.52. The maximum atomic E-state index is 13.2. The third-order valence-electron chi connectivity index (χ3n) is 7.65. The predicted molar refractivity (Wildman–Crippen MR) is 154 cm³/mol. The Bertz CT molecular complexity index is 1430. The summed E-state index contributed by atoms with van der Waals surface area (Å²) in [5.74, 6) is -0.543. The average molecular weight is 526 g/mol. The zero-order valence-electron chi connectivity index (χ0n) is 22.6. The number of rotatable bonds is 7. The second kappa shape index (κ2) is 11.3. The molecule has 2 aliphatic rings. The number of amides is 3. The highest BCUT2D eigenvalue weighted by Crippen LogP contribution is 2.35. The summed E-state index contributed by atoms with van der Waals surface area (Å²) in [6.07, 6.45) is 4.33. The van der Waals surface area contributed by atoms with Gasteiger partial charge in [-0.15, -0.1) is 0 Å². The van der Waals surface area contributed by atoms with E-state index in [9.17, 15) is 14.4 Å². The van der Waals surface area contributed by atoms with Crippen molar-refractivity contribution in [2.45, 2.75) is 52.1 Å². The van der Waals surface area contributed by atoms with Crippen molar-refractivity contribution in [3.05, 3.63) is 87.7 Å². The first-order chi connectivity index (χ1) is 18.9. The summed E-state index contributed by atoms with van der Waals surface area (Å²) < 4.78 is 0. The highest BCUT2D eigenvalue weighted by molar-refractivity contribution is 6.35. The van der Waals surface area contributed by atoms with Crippen LogP contribution in [0.5, 0.6) is 0 Å². The first-order valence-corrected chi connectivity index (χ1v) is 13.6. The molecule has 0 spiro atoms. The maximum absolute atomic E-state index is 13.2. The van der Waals surface area contributed by atoms with Gasteiger partial charge < -0.3 is 26.3 Å². The number of nitrogens with one attached hydrogen (secondary N) is 5. The summed E-state index contributed by atoms with van der Waals surface area (Å²) in [5, 5.41) is 12.5. The van der Waals surface area contributed by atoms with Crippen molar-refractivity contribution in [3.8, 4) is 0 Å². The van der Waals surface area contributed by atoms with Gasteiger partial charge in [0.15, 0.2) is 0 Å². The molecular weight excluding hydrogens is 490 g/mol. The summed E-state index contributed by atoms with van der Waals surface area (Å²) in [5.41, 5.74) is 6.14. The lowest BCUT2D eigenvalue weighted by molar-refractivity contribution is -0.110. The molecule has 3 aromatic rings. The van der Waals surface area contributed by atoms with Crippen LogP contribution in [0.1, 0.15) is 81.0 Å². The Balaban J connectivity index is 1.39. The molecule has 202 valence electrons. The summed E-state index contributed by atoms with van der Waals surface area (Å²) in [7, 11) is 0. The number of carbonyl (C=O) groups is 3. The van der Waals surface area contributed by atoms with Crippen LogP contribution >= 0.6 is 0 Å². The molecule has 0 aliphatic carbocycles. The summed E-state index contributed by atoms with van der Waals surface area (Å²) in [6, 6.07) is 15.2. The summed E-state index contributed by atoms with van der Waals surface area (Å²) in [4.78, 5) is 42.5. The van der Waals surface area contributed by atoms with Crippen molar-refractivity contribution < 1.29 is 14.4 Å². The Kier molecular flexibility index (Phi) is 7.65. The van der Waals surface area contributed by atoms with Gasteiger partial charge in [-0.25, -0.2) is 0 Å². The van der Waals surface area contributed by atoms with Crippen molar-refractivity contribution in [3.63, 3.8) is 0 Å². The van der Waals surface area contributed by atoms with Crippen LogP contribution in [0, 0.1) is 13.8 Å². The van der Waals surface area contributed by atoms with Gasteiger partial charge in [0, 0.05) is 34.2 Å². The molecule has 1 fully saturated rings. The predicted octanol–water partition coefficient (Wildman–Crippen LogP) is 4.49. The smallest absolute Gasteiger partial charge is 0.256 e. The number of piperidine rings is 1. The van der Waals surface area contributed by atoms with Crippen molar-refractivity contribution in [2.24, 2.45) is 0 Å².